The number of likely N-dealkylation sites (tertiary alicyclic amines) is 1. The van der Waals surface area contributed by atoms with E-state index in [4.69, 9.17) is 16.3 Å². The van der Waals surface area contributed by atoms with E-state index in [2.05, 4.69) is 4.98 Å². The summed E-state index contributed by atoms with van der Waals surface area (Å²) in [5.74, 6) is -1.14. The first-order valence-electron chi connectivity index (χ1n) is 7.25. The van der Waals surface area contributed by atoms with Gasteiger partial charge in [-0.1, -0.05) is 17.7 Å². The molecule has 0 saturated carbocycles. The van der Waals surface area contributed by atoms with Gasteiger partial charge in [0.15, 0.2) is 0 Å². The number of ether oxygens (including phenoxy) is 1. The molecule has 1 atom stereocenters. The molecule has 1 aromatic heterocycles. The Bertz CT molecular complexity index is 773. The third kappa shape index (κ3) is 2.80. The van der Waals surface area contributed by atoms with Crippen LogP contribution < -0.4 is 0 Å². The Kier molecular flexibility index (Phi) is 4.04. The molecular weight excluding hydrogens is 320 g/mol. The summed E-state index contributed by atoms with van der Waals surface area (Å²) in [5.41, 5.74) is 0.182. The van der Waals surface area contributed by atoms with Crippen LogP contribution in [0.25, 0.3) is 10.9 Å². The lowest BCUT2D eigenvalue weighted by Gasteiger charge is -2.23. The van der Waals surface area contributed by atoms with Gasteiger partial charge in [0.25, 0.3) is 5.91 Å². The van der Waals surface area contributed by atoms with Gasteiger partial charge in [0.1, 0.15) is 11.1 Å². The van der Waals surface area contributed by atoms with Crippen molar-refractivity contribution in [3.8, 4) is 0 Å². The summed E-state index contributed by atoms with van der Waals surface area (Å²) in [6, 6.07) is 7.10. The highest BCUT2D eigenvalue weighted by molar-refractivity contribution is 6.31. The van der Waals surface area contributed by atoms with Crippen LogP contribution in [0.15, 0.2) is 24.3 Å². The average molecular weight is 337 g/mol. The Morgan fingerprint density at radius 3 is 2.91 bits per heavy atom. The maximum atomic E-state index is 12.6. The Balaban J connectivity index is 1.84. The van der Waals surface area contributed by atoms with E-state index in [1.54, 1.807) is 23.1 Å². The minimum absolute atomic E-state index is 0.0917. The predicted octanol–water partition coefficient (Wildman–Crippen LogP) is 2.38. The van der Waals surface area contributed by atoms with E-state index in [0.29, 0.717) is 23.7 Å². The minimum atomic E-state index is -1.03. The molecule has 2 N–H and O–H groups in total. The van der Waals surface area contributed by atoms with Gasteiger partial charge < -0.3 is 19.7 Å². The maximum absolute atomic E-state index is 12.6. The SMILES string of the molecule is COCC1(C(=O)O)CCN(C(=O)c2cc3ccc(Cl)cc3[nH]2)C1. The number of aromatic amines is 1. The Hall–Kier alpha value is -2.05. The molecule has 6 nitrogen and oxygen atoms in total. The number of aliphatic carboxylic acids is 1. The molecule has 2 aromatic rings. The van der Waals surface area contributed by atoms with Crippen LogP contribution in [0.5, 0.6) is 0 Å². The average Bonchev–Trinajstić information content (AvgIpc) is 3.11. The van der Waals surface area contributed by atoms with Crippen LogP contribution >= 0.6 is 11.6 Å². The molecule has 1 fully saturated rings. The third-order valence-corrected chi connectivity index (χ3v) is 4.57. The number of H-pyrrole nitrogens is 1. The monoisotopic (exact) mass is 336 g/mol. The number of carboxylic acid groups (broad SMARTS) is 1. The topological polar surface area (TPSA) is 82.6 Å². The van der Waals surface area contributed by atoms with Gasteiger partial charge in [0, 0.05) is 36.1 Å². The zero-order chi connectivity index (χ0) is 16.6. The number of benzene rings is 1. The number of amides is 1. The molecule has 2 heterocycles. The number of fused-ring (bicyclic) bond motifs is 1. The molecule has 122 valence electrons. The second-order valence-corrected chi connectivity index (χ2v) is 6.35. The molecule has 1 unspecified atom stereocenters. The van der Waals surface area contributed by atoms with E-state index in [9.17, 15) is 14.7 Å². The molecule has 23 heavy (non-hydrogen) atoms. The fraction of sp³-hybridized carbons (Fsp3) is 0.375. The van der Waals surface area contributed by atoms with E-state index >= 15 is 0 Å². The predicted molar refractivity (Wildman–Crippen MR) is 85.8 cm³/mol. The van der Waals surface area contributed by atoms with Crippen molar-refractivity contribution in [2.24, 2.45) is 5.41 Å². The van der Waals surface area contributed by atoms with Crippen LogP contribution in [0.4, 0.5) is 0 Å². The number of nitrogens with zero attached hydrogens (tertiary/aromatic N) is 1. The number of hydrogen-bond donors (Lipinski definition) is 2. The highest BCUT2D eigenvalue weighted by Crippen LogP contribution is 2.32. The molecule has 0 bridgehead atoms. The van der Waals surface area contributed by atoms with Crippen LogP contribution in [0.1, 0.15) is 16.9 Å². The second kappa shape index (κ2) is 5.86. The molecule has 1 saturated heterocycles. The van der Waals surface area contributed by atoms with Crippen molar-refractivity contribution >= 4 is 34.4 Å². The second-order valence-electron chi connectivity index (χ2n) is 5.91. The maximum Gasteiger partial charge on any atom is 0.313 e. The smallest absolute Gasteiger partial charge is 0.313 e. The van der Waals surface area contributed by atoms with Crippen molar-refractivity contribution in [1.82, 2.24) is 9.88 Å². The van der Waals surface area contributed by atoms with Crippen LogP contribution in [-0.2, 0) is 9.53 Å². The molecule has 1 aliphatic heterocycles. The van der Waals surface area contributed by atoms with E-state index in [1.165, 1.54) is 7.11 Å². The standard InChI is InChI=1S/C16H17ClN2O4/c1-23-9-16(15(21)22)4-5-19(8-16)14(20)13-6-10-2-3-11(17)7-12(10)18-13/h2-3,6-7,18H,4-5,8-9H2,1H3,(H,21,22). The third-order valence-electron chi connectivity index (χ3n) is 4.33. The molecule has 1 amide bonds. The summed E-state index contributed by atoms with van der Waals surface area (Å²) in [4.78, 5) is 28.8. The summed E-state index contributed by atoms with van der Waals surface area (Å²) in [6.07, 6.45) is 0.383. The number of halogens is 1. The summed E-state index contributed by atoms with van der Waals surface area (Å²) in [7, 11) is 1.47. The summed E-state index contributed by atoms with van der Waals surface area (Å²) < 4.78 is 5.04. The molecule has 1 aliphatic rings. The Morgan fingerprint density at radius 2 is 2.22 bits per heavy atom. The summed E-state index contributed by atoms with van der Waals surface area (Å²) >= 11 is 5.95. The van der Waals surface area contributed by atoms with Crippen LogP contribution in [-0.4, -0.2) is 53.7 Å². The zero-order valence-corrected chi connectivity index (χ0v) is 13.4. The first-order chi connectivity index (χ1) is 10.9. The van der Waals surface area contributed by atoms with Gasteiger partial charge in [-0.25, -0.2) is 0 Å². The van der Waals surface area contributed by atoms with Gasteiger partial charge in [0.05, 0.1) is 6.61 Å². The number of methoxy groups -OCH3 is 1. The number of rotatable bonds is 4. The zero-order valence-electron chi connectivity index (χ0n) is 12.6. The van der Waals surface area contributed by atoms with Crippen molar-refractivity contribution in [2.75, 3.05) is 26.8 Å². The number of carbonyl (C=O) groups is 2. The number of carbonyl (C=O) groups excluding carboxylic acids is 1. The molecular formula is C16H17ClN2O4. The van der Waals surface area contributed by atoms with Crippen LogP contribution in [0, 0.1) is 5.41 Å². The van der Waals surface area contributed by atoms with Gasteiger partial charge in [0.2, 0.25) is 0 Å². The highest BCUT2D eigenvalue weighted by Gasteiger charge is 2.46. The highest BCUT2D eigenvalue weighted by atomic mass is 35.5. The number of nitrogens with one attached hydrogen (secondary N) is 1. The fourth-order valence-electron chi connectivity index (χ4n) is 3.06. The van der Waals surface area contributed by atoms with Gasteiger partial charge in [-0.05, 0) is 24.6 Å². The summed E-state index contributed by atoms with van der Waals surface area (Å²) in [5, 5.41) is 10.9. The molecule has 1 aromatic carbocycles. The fourth-order valence-corrected chi connectivity index (χ4v) is 3.23. The molecule has 7 heteroatoms. The van der Waals surface area contributed by atoms with Crippen LogP contribution in [0.3, 0.4) is 0 Å². The van der Waals surface area contributed by atoms with E-state index in [1.807, 2.05) is 6.07 Å². The van der Waals surface area contributed by atoms with Crippen molar-refractivity contribution in [1.29, 1.82) is 0 Å². The first-order valence-corrected chi connectivity index (χ1v) is 7.63. The lowest BCUT2D eigenvalue weighted by molar-refractivity contribution is -0.151. The van der Waals surface area contributed by atoms with Crippen molar-refractivity contribution in [3.05, 3.63) is 35.0 Å². The molecule has 0 spiro atoms. The van der Waals surface area contributed by atoms with E-state index in [-0.39, 0.29) is 19.1 Å². The van der Waals surface area contributed by atoms with Gasteiger partial charge in [-0.2, -0.15) is 0 Å². The van der Waals surface area contributed by atoms with Crippen molar-refractivity contribution < 1.29 is 19.4 Å². The Morgan fingerprint density at radius 1 is 1.43 bits per heavy atom. The first kappa shape index (κ1) is 15.8. The molecule has 0 aliphatic carbocycles. The van der Waals surface area contributed by atoms with E-state index < -0.39 is 11.4 Å². The van der Waals surface area contributed by atoms with Gasteiger partial charge in [-0.3, -0.25) is 9.59 Å². The van der Waals surface area contributed by atoms with Crippen LogP contribution in [0.2, 0.25) is 5.02 Å². The Labute approximate surface area is 138 Å². The quantitative estimate of drug-likeness (QED) is 0.898. The minimum Gasteiger partial charge on any atom is -0.481 e. The van der Waals surface area contributed by atoms with Gasteiger partial charge >= 0.3 is 5.97 Å². The lowest BCUT2D eigenvalue weighted by atomic mass is 9.88. The molecule has 0 radical (unpaired) electrons. The number of carboxylic acids is 1. The lowest BCUT2D eigenvalue weighted by Crippen LogP contribution is -2.40. The van der Waals surface area contributed by atoms with Crippen molar-refractivity contribution in [3.63, 3.8) is 0 Å². The number of hydrogen-bond acceptors (Lipinski definition) is 3. The van der Waals surface area contributed by atoms with Crippen molar-refractivity contribution in [2.45, 2.75) is 6.42 Å². The normalized spacial score (nSPS) is 21.0. The van der Waals surface area contributed by atoms with Gasteiger partial charge in [-0.15, -0.1) is 0 Å². The largest absolute Gasteiger partial charge is 0.481 e. The molecule has 3 rings (SSSR count). The number of aromatic nitrogens is 1. The van der Waals surface area contributed by atoms with E-state index in [0.717, 1.165) is 10.9 Å². The summed E-state index contributed by atoms with van der Waals surface area (Å²) in [6.45, 7) is 0.629.